The number of rotatable bonds is 4. The maximum absolute atomic E-state index is 12.0. The van der Waals surface area contributed by atoms with Crippen molar-refractivity contribution in [1.82, 2.24) is 15.2 Å². The Morgan fingerprint density at radius 2 is 2.00 bits per heavy atom. The highest BCUT2D eigenvalue weighted by Gasteiger charge is 2.17. The van der Waals surface area contributed by atoms with Gasteiger partial charge in [0, 0.05) is 31.4 Å². The molecule has 0 saturated heterocycles. The Balaban J connectivity index is 2.15. The zero-order valence-electron chi connectivity index (χ0n) is 11.2. The number of amides is 1. The maximum Gasteiger partial charge on any atom is 0.228 e. The van der Waals surface area contributed by atoms with Crippen LogP contribution in [0, 0.1) is 5.92 Å². The Hall–Kier alpha value is -1.82. The average molecular weight is 276 g/mol. The van der Waals surface area contributed by atoms with Crippen molar-refractivity contribution < 1.29 is 4.79 Å². The minimum Gasteiger partial charge on any atom is -0.290 e. The third-order valence-electron chi connectivity index (χ3n) is 2.59. The summed E-state index contributed by atoms with van der Waals surface area (Å²) in [7, 11) is 1.74. The van der Waals surface area contributed by atoms with Gasteiger partial charge in [0.25, 0.3) is 0 Å². The Bertz CT molecular complexity index is 553. The van der Waals surface area contributed by atoms with Gasteiger partial charge in [0.15, 0.2) is 0 Å². The zero-order chi connectivity index (χ0) is 13.8. The largest absolute Gasteiger partial charge is 0.290 e. The third kappa shape index (κ3) is 3.35. The molecule has 0 spiro atoms. The summed E-state index contributed by atoms with van der Waals surface area (Å²) >= 11 is 1.40. The van der Waals surface area contributed by atoms with E-state index in [4.69, 9.17) is 0 Å². The second-order valence-electron chi connectivity index (χ2n) is 4.68. The molecule has 2 aromatic rings. The molecule has 0 unspecified atom stereocenters. The van der Waals surface area contributed by atoms with Gasteiger partial charge in [0.2, 0.25) is 11.0 Å². The van der Waals surface area contributed by atoms with E-state index in [1.54, 1.807) is 24.3 Å². The van der Waals surface area contributed by atoms with E-state index >= 15 is 0 Å². The Labute approximate surface area is 116 Å². The summed E-state index contributed by atoms with van der Waals surface area (Å²) in [5.41, 5.74) is 0.962. The molecular formula is C13H16N4OS. The number of carbonyl (C=O) groups excluding carboxylic acids is 1. The molecule has 0 N–H and O–H groups in total. The van der Waals surface area contributed by atoms with Gasteiger partial charge in [0.05, 0.1) is 0 Å². The minimum atomic E-state index is 0.0624. The van der Waals surface area contributed by atoms with Crippen molar-refractivity contribution in [3.8, 4) is 10.6 Å². The summed E-state index contributed by atoms with van der Waals surface area (Å²) < 4.78 is 0. The predicted molar refractivity (Wildman–Crippen MR) is 76.0 cm³/mol. The first-order chi connectivity index (χ1) is 9.08. The van der Waals surface area contributed by atoms with Crippen molar-refractivity contribution in [1.29, 1.82) is 0 Å². The van der Waals surface area contributed by atoms with Crippen molar-refractivity contribution in [3.05, 3.63) is 24.5 Å². The van der Waals surface area contributed by atoms with Crippen molar-refractivity contribution in [2.45, 2.75) is 20.3 Å². The summed E-state index contributed by atoms with van der Waals surface area (Å²) in [6.45, 7) is 4.04. The van der Waals surface area contributed by atoms with E-state index < -0.39 is 0 Å². The highest BCUT2D eigenvalue weighted by atomic mass is 32.1. The minimum absolute atomic E-state index is 0.0624. The van der Waals surface area contributed by atoms with Crippen LogP contribution in [0.1, 0.15) is 20.3 Å². The molecule has 0 aliphatic rings. The summed E-state index contributed by atoms with van der Waals surface area (Å²) in [6.07, 6.45) is 3.94. The molecule has 0 fully saturated rings. The summed E-state index contributed by atoms with van der Waals surface area (Å²) in [6, 6.07) is 3.75. The molecule has 2 aromatic heterocycles. The van der Waals surface area contributed by atoms with Crippen LogP contribution in [0.4, 0.5) is 5.13 Å². The SMILES string of the molecule is CC(C)CC(=O)N(C)c1nnc(-c2ccncc2)s1. The van der Waals surface area contributed by atoms with Gasteiger partial charge >= 0.3 is 0 Å². The van der Waals surface area contributed by atoms with Crippen molar-refractivity contribution >= 4 is 22.4 Å². The molecule has 0 aliphatic carbocycles. The van der Waals surface area contributed by atoms with Crippen LogP contribution < -0.4 is 4.90 Å². The average Bonchev–Trinajstić information content (AvgIpc) is 2.87. The monoisotopic (exact) mass is 276 g/mol. The number of hydrogen-bond acceptors (Lipinski definition) is 5. The van der Waals surface area contributed by atoms with Gasteiger partial charge in [-0.25, -0.2) is 0 Å². The first kappa shape index (κ1) is 13.6. The second kappa shape index (κ2) is 5.88. The van der Waals surface area contributed by atoms with Crippen LogP contribution >= 0.6 is 11.3 Å². The van der Waals surface area contributed by atoms with Gasteiger partial charge in [-0.2, -0.15) is 0 Å². The number of anilines is 1. The van der Waals surface area contributed by atoms with Crippen LogP contribution in [0.15, 0.2) is 24.5 Å². The van der Waals surface area contributed by atoms with Crippen LogP contribution in [0.5, 0.6) is 0 Å². The lowest BCUT2D eigenvalue weighted by Crippen LogP contribution is -2.27. The van der Waals surface area contributed by atoms with E-state index in [1.807, 2.05) is 26.0 Å². The predicted octanol–water partition coefficient (Wildman–Crippen LogP) is 2.61. The maximum atomic E-state index is 12.0. The zero-order valence-corrected chi connectivity index (χ0v) is 12.0. The standard InChI is InChI=1S/C13H16N4OS/c1-9(2)8-11(18)17(3)13-16-15-12(19-13)10-4-6-14-7-5-10/h4-7,9H,8H2,1-3H3. The lowest BCUT2D eigenvalue weighted by atomic mass is 10.1. The van der Waals surface area contributed by atoms with Gasteiger partial charge in [-0.05, 0) is 18.1 Å². The molecule has 0 aliphatic heterocycles. The molecule has 2 rings (SSSR count). The van der Waals surface area contributed by atoms with E-state index in [1.165, 1.54) is 11.3 Å². The smallest absolute Gasteiger partial charge is 0.228 e. The second-order valence-corrected chi connectivity index (χ2v) is 5.63. The molecule has 0 saturated carbocycles. The van der Waals surface area contributed by atoms with Gasteiger partial charge in [-0.3, -0.25) is 14.7 Å². The van der Waals surface area contributed by atoms with E-state index in [-0.39, 0.29) is 5.91 Å². The highest BCUT2D eigenvalue weighted by Crippen LogP contribution is 2.28. The molecule has 5 nitrogen and oxygen atoms in total. The first-order valence-electron chi connectivity index (χ1n) is 6.08. The molecule has 2 heterocycles. The molecule has 0 aromatic carbocycles. The van der Waals surface area contributed by atoms with Crippen molar-refractivity contribution in [3.63, 3.8) is 0 Å². The van der Waals surface area contributed by atoms with E-state index in [0.29, 0.717) is 17.5 Å². The Morgan fingerprint density at radius 3 is 2.63 bits per heavy atom. The van der Waals surface area contributed by atoms with Crippen LogP contribution in [-0.4, -0.2) is 28.1 Å². The van der Waals surface area contributed by atoms with Crippen LogP contribution in [-0.2, 0) is 4.79 Å². The number of hydrogen-bond donors (Lipinski definition) is 0. The molecule has 19 heavy (non-hydrogen) atoms. The van der Waals surface area contributed by atoms with E-state index in [0.717, 1.165) is 10.6 Å². The molecule has 1 amide bonds. The molecular weight excluding hydrogens is 260 g/mol. The van der Waals surface area contributed by atoms with Gasteiger partial charge in [-0.1, -0.05) is 25.2 Å². The fourth-order valence-corrected chi connectivity index (χ4v) is 2.38. The summed E-state index contributed by atoms with van der Waals surface area (Å²) in [4.78, 5) is 17.5. The number of pyridine rings is 1. The number of aromatic nitrogens is 3. The normalized spacial score (nSPS) is 10.7. The lowest BCUT2D eigenvalue weighted by Gasteiger charge is -2.14. The van der Waals surface area contributed by atoms with Crippen molar-refractivity contribution in [2.24, 2.45) is 5.92 Å². The topological polar surface area (TPSA) is 59.0 Å². The van der Waals surface area contributed by atoms with Gasteiger partial charge < -0.3 is 0 Å². The fourth-order valence-electron chi connectivity index (χ4n) is 1.56. The molecule has 6 heteroatoms. The molecule has 100 valence electrons. The van der Waals surface area contributed by atoms with E-state index in [9.17, 15) is 4.79 Å². The molecule has 0 radical (unpaired) electrons. The van der Waals surface area contributed by atoms with Crippen LogP contribution in [0.25, 0.3) is 10.6 Å². The summed E-state index contributed by atoms with van der Waals surface area (Å²) in [5.74, 6) is 0.398. The highest BCUT2D eigenvalue weighted by molar-refractivity contribution is 7.18. The molecule has 0 bridgehead atoms. The Morgan fingerprint density at radius 1 is 1.32 bits per heavy atom. The first-order valence-corrected chi connectivity index (χ1v) is 6.90. The van der Waals surface area contributed by atoms with Crippen LogP contribution in [0.2, 0.25) is 0 Å². The quantitative estimate of drug-likeness (QED) is 0.861. The number of carbonyl (C=O) groups is 1. The van der Waals surface area contributed by atoms with Gasteiger partial charge in [-0.15, -0.1) is 10.2 Å². The fraction of sp³-hybridized carbons (Fsp3) is 0.385. The van der Waals surface area contributed by atoms with Crippen LogP contribution in [0.3, 0.4) is 0 Å². The summed E-state index contributed by atoms with van der Waals surface area (Å²) in [5, 5.41) is 9.61. The van der Waals surface area contributed by atoms with E-state index in [2.05, 4.69) is 15.2 Å². The lowest BCUT2D eigenvalue weighted by molar-refractivity contribution is -0.119. The molecule has 0 atom stereocenters. The number of nitrogens with zero attached hydrogens (tertiary/aromatic N) is 4. The third-order valence-corrected chi connectivity index (χ3v) is 3.63. The van der Waals surface area contributed by atoms with Gasteiger partial charge in [0.1, 0.15) is 5.01 Å². The van der Waals surface area contributed by atoms with Crippen molar-refractivity contribution in [2.75, 3.05) is 11.9 Å². The Kier molecular flexibility index (Phi) is 4.21.